The van der Waals surface area contributed by atoms with Crippen LogP contribution in [-0.4, -0.2) is 10.5 Å². The Labute approximate surface area is 176 Å². The Morgan fingerprint density at radius 3 is 2.29 bits per heavy atom. The monoisotopic (exact) mass is 446 g/mol. The molecule has 1 N–H and O–H groups in total. The van der Waals surface area contributed by atoms with Crippen LogP contribution in [0.2, 0.25) is 0 Å². The molecular weight excluding hydrogens is 416 g/mol. The van der Waals surface area contributed by atoms with Gasteiger partial charge in [-0.1, -0.05) is 51.3 Å². The van der Waals surface area contributed by atoms with E-state index in [4.69, 9.17) is 0 Å². The lowest BCUT2D eigenvalue weighted by Crippen LogP contribution is -2.29. The zero-order valence-corrected chi connectivity index (χ0v) is 19.2. The fourth-order valence-electron chi connectivity index (χ4n) is 3.66. The van der Waals surface area contributed by atoms with Crippen LogP contribution in [0, 0.1) is 20.8 Å². The molecule has 1 amide bonds. The first kappa shape index (κ1) is 22.4. The van der Waals surface area contributed by atoms with E-state index in [0.29, 0.717) is 4.47 Å². The van der Waals surface area contributed by atoms with Crippen LogP contribution in [0.3, 0.4) is 0 Å². The summed E-state index contributed by atoms with van der Waals surface area (Å²) in [7, 11) is 0. The molecule has 28 heavy (non-hydrogen) atoms. The van der Waals surface area contributed by atoms with Crippen molar-refractivity contribution in [1.82, 2.24) is 4.57 Å². The van der Waals surface area contributed by atoms with Gasteiger partial charge in [-0.15, -0.1) is 0 Å². The Morgan fingerprint density at radius 1 is 1.07 bits per heavy atom. The van der Waals surface area contributed by atoms with Crippen LogP contribution in [0.4, 0.5) is 5.69 Å². The van der Waals surface area contributed by atoms with Gasteiger partial charge in [0.15, 0.2) is 0 Å². The number of hydrogen-bond donors (Lipinski definition) is 1. The maximum Gasteiger partial charge on any atom is 0.261 e. The molecule has 1 aromatic heterocycles. The third kappa shape index (κ3) is 4.75. The van der Waals surface area contributed by atoms with Crippen molar-refractivity contribution in [2.45, 2.75) is 73.3 Å². The van der Waals surface area contributed by atoms with E-state index < -0.39 is 0 Å². The maximum absolute atomic E-state index is 13.1. The zero-order valence-electron chi connectivity index (χ0n) is 17.6. The van der Waals surface area contributed by atoms with Gasteiger partial charge in [0, 0.05) is 23.6 Å². The highest BCUT2D eigenvalue weighted by atomic mass is 79.9. The number of unbranched alkanes of at least 4 members (excludes halogenated alkanes) is 3. The van der Waals surface area contributed by atoms with Crippen LogP contribution in [0.1, 0.15) is 72.4 Å². The fraction of sp³-hybridized carbons (Fsp3) is 0.478. The Hall–Kier alpha value is -1.88. The number of anilines is 1. The SMILES string of the molecule is CCCCCCn1c(C)c(C(=O)Nc2c(C)cccc2C)c(=O)c(Br)c1CC. The van der Waals surface area contributed by atoms with E-state index in [1.165, 1.54) is 12.8 Å². The number of amides is 1. The number of nitrogens with zero attached hydrogens (tertiary/aromatic N) is 1. The predicted octanol–water partition coefficient (Wildman–Crippen LogP) is 5.93. The Morgan fingerprint density at radius 2 is 1.71 bits per heavy atom. The molecule has 0 aliphatic heterocycles. The van der Waals surface area contributed by atoms with E-state index in [-0.39, 0.29) is 16.9 Å². The highest BCUT2D eigenvalue weighted by Crippen LogP contribution is 2.23. The van der Waals surface area contributed by atoms with Crippen LogP contribution < -0.4 is 10.7 Å². The van der Waals surface area contributed by atoms with Crippen molar-refractivity contribution in [2.75, 3.05) is 5.32 Å². The molecule has 0 saturated carbocycles. The number of benzene rings is 1. The molecule has 2 aromatic rings. The summed E-state index contributed by atoms with van der Waals surface area (Å²) in [5.74, 6) is -0.342. The molecule has 0 aliphatic carbocycles. The summed E-state index contributed by atoms with van der Waals surface area (Å²) in [6, 6.07) is 5.87. The van der Waals surface area contributed by atoms with Gasteiger partial charge in [-0.05, 0) is 60.7 Å². The van der Waals surface area contributed by atoms with Gasteiger partial charge in [-0.3, -0.25) is 9.59 Å². The van der Waals surface area contributed by atoms with Crippen LogP contribution in [-0.2, 0) is 13.0 Å². The minimum absolute atomic E-state index is 0.224. The Balaban J connectivity index is 2.47. The van der Waals surface area contributed by atoms with Gasteiger partial charge in [0.2, 0.25) is 5.43 Å². The van der Waals surface area contributed by atoms with Crippen molar-refractivity contribution in [3.05, 3.63) is 61.0 Å². The molecule has 0 fully saturated rings. The van der Waals surface area contributed by atoms with Gasteiger partial charge in [0.1, 0.15) is 5.56 Å². The van der Waals surface area contributed by atoms with E-state index >= 15 is 0 Å². The van der Waals surface area contributed by atoms with Crippen LogP contribution in [0.5, 0.6) is 0 Å². The summed E-state index contributed by atoms with van der Waals surface area (Å²) in [6.07, 6.45) is 5.30. The van der Waals surface area contributed by atoms with Crippen molar-refractivity contribution in [3.63, 3.8) is 0 Å². The number of carbonyl (C=O) groups excluding carboxylic acids is 1. The zero-order chi connectivity index (χ0) is 20.8. The first-order valence-corrected chi connectivity index (χ1v) is 10.9. The number of halogens is 1. The molecular formula is C23H31BrN2O2. The van der Waals surface area contributed by atoms with Crippen molar-refractivity contribution in [2.24, 2.45) is 0 Å². The largest absolute Gasteiger partial charge is 0.347 e. The molecule has 0 spiro atoms. The average Bonchev–Trinajstić information content (AvgIpc) is 2.66. The number of rotatable bonds is 8. The van der Waals surface area contributed by atoms with Crippen molar-refractivity contribution >= 4 is 27.5 Å². The molecule has 0 aliphatic rings. The molecule has 1 aromatic carbocycles. The summed E-state index contributed by atoms with van der Waals surface area (Å²) in [6.45, 7) is 10.8. The molecule has 0 unspecified atom stereocenters. The van der Waals surface area contributed by atoms with E-state index in [9.17, 15) is 9.59 Å². The quantitative estimate of drug-likeness (QED) is 0.510. The molecule has 0 radical (unpaired) electrons. The highest BCUT2D eigenvalue weighted by Gasteiger charge is 2.22. The van der Waals surface area contributed by atoms with Crippen molar-refractivity contribution in [3.8, 4) is 0 Å². The predicted molar refractivity (Wildman–Crippen MR) is 121 cm³/mol. The number of aromatic nitrogens is 1. The molecule has 152 valence electrons. The number of carbonyl (C=O) groups is 1. The Bertz CT molecular complexity index is 896. The van der Waals surface area contributed by atoms with E-state index in [2.05, 4.69) is 32.7 Å². The normalized spacial score (nSPS) is 10.9. The molecule has 5 heteroatoms. The maximum atomic E-state index is 13.1. The summed E-state index contributed by atoms with van der Waals surface area (Å²) in [5, 5.41) is 2.97. The summed E-state index contributed by atoms with van der Waals surface area (Å²) < 4.78 is 2.64. The summed E-state index contributed by atoms with van der Waals surface area (Å²) in [5.41, 5.74) is 4.43. The fourth-order valence-corrected chi connectivity index (χ4v) is 4.35. The third-order valence-electron chi connectivity index (χ3n) is 5.29. The van der Waals surface area contributed by atoms with Gasteiger partial charge < -0.3 is 9.88 Å². The highest BCUT2D eigenvalue weighted by molar-refractivity contribution is 9.10. The topological polar surface area (TPSA) is 51.1 Å². The second kappa shape index (κ2) is 10.1. The van der Waals surface area contributed by atoms with E-state index in [1.54, 1.807) is 0 Å². The number of para-hydroxylation sites is 1. The van der Waals surface area contributed by atoms with Crippen LogP contribution in [0.15, 0.2) is 27.5 Å². The molecule has 0 atom stereocenters. The lowest BCUT2D eigenvalue weighted by molar-refractivity contribution is 0.102. The van der Waals surface area contributed by atoms with Gasteiger partial charge >= 0.3 is 0 Å². The number of nitrogens with one attached hydrogen (secondary N) is 1. The second-order valence-corrected chi connectivity index (χ2v) is 8.13. The molecule has 0 saturated heterocycles. The smallest absolute Gasteiger partial charge is 0.261 e. The van der Waals surface area contributed by atoms with Gasteiger partial charge in [0.05, 0.1) is 4.47 Å². The van der Waals surface area contributed by atoms with Crippen LogP contribution >= 0.6 is 15.9 Å². The number of pyridine rings is 1. The molecule has 0 bridgehead atoms. The second-order valence-electron chi connectivity index (χ2n) is 7.34. The minimum atomic E-state index is -0.342. The van der Waals surface area contributed by atoms with E-state index in [0.717, 1.165) is 54.0 Å². The third-order valence-corrected chi connectivity index (χ3v) is 6.11. The first-order chi connectivity index (χ1) is 13.3. The Kier molecular flexibility index (Phi) is 8.05. The van der Waals surface area contributed by atoms with Gasteiger partial charge in [0.25, 0.3) is 5.91 Å². The van der Waals surface area contributed by atoms with Crippen molar-refractivity contribution in [1.29, 1.82) is 0 Å². The lowest BCUT2D eigenvalue weighted by Gasteiger charge is -2.21. The number of hydrogen-bond acceptors (Lipinski definition) is 2. The molecule has 4 nitrogen and oxygen atoms in total. The average molecular weight is 447 g/mol. The van der Waals surface area contributed by atoms with Crippen LogP contribution in [0.25, 0.3) is 0 Å². The molecule has 1 heterocycles. The minimum Gasteiger partial charge on any atom is -0.347 e. The molecule has 2 rings (SSSR count). The van der Waals surface area contributed by atoms with Gasteiger partial charge in [-0.25, -0.2) is 0 Å². The number of aryl methyl sites for hydroxylation is 2. The van der Waals surface area contributed by atoms with E-state index in [1.807, 2.05) is 45.9 Å². The van der Waals surface area contributed by atoms with Crippen molar-refractivity contribution < 1.29 is 4.79 Å². The van der Waals surface area contributed by atoms with Gasteiger partial charge in [-0.2, -0.15) is 0 Å². The summed E-state index contributed by atoms with van der Waals surface area (Å²) >= 11 is 3.47. The standard InChI is InChI=1S/C23H31BrN2O2/c1-6-8-9-10-14-26-17(5)19(22(27)20(24)18(26)7-2)23(28)25-21-15(3)12-11-13-16(21)4/h11-13H,6-10,14H2,1-5H3,(H,25,28). The first-order valence-electron chi connectivity index (χ1n) is 10.1. The lowest BCUT2D eigenvalue weighted by atomic mass is 10.1. The summed E-state index contributed by atoms with van der Waals surface area (Å²) in [4.78, 5) is 26.1.